The van der Waals surface area contributed by atoms with Crippen molar-refractivity contribution in [2.45, 2.75) is 258 Å². The smallest absolute Gasteiger partial charge is 0.306 e. The molecule has 0 heterocycles. The van der Waals surface area contributed by atoms with Crippen LogP contribution in [0.15, 0.2) is 85.1 Å². The minimum absolute atomic E-state index is 0.0356. The molecule has 0 fully saturated rings. The van der Waals surface area contributed by atoms with Crippen LogP contribution in [0, 0.1) is 0 Å². The van der Waals surface area contributed by atoms with E-state index in [-0.39, 0.29) is 18.9 Å². The van der Waals surface area contributed by atoms with E-state index in [1.807, 2.05) is 33.3 Å². The number of amides is 1. The molecule has 0 saturated carbocycles. The van der Waals surface area contributed by atoms with Crippen molar-refractivity contribution in [3.8, 4) is 0 Å². The van der Waals surface area contributed by atoms with Gasteiger partial charge in [0.2, 0.25) is 5.91 Å². The molecule has 1 amide bonds. The lowest BCUT2D eigenvalue weighted by Crippen LogP contribution is -2.47. The summed E-state index contributed by atoms with van der Waals surface area (Å²) in [4.78, 5) is 39.9. The fraction of sp³-hybridized carbons (Fsp3) is 0.742. The van der Waals surface area contributed by atoms with Gasteiger partial charge in [-0.15, -0.1) is 0 Å². The molecular formula is C62H111N2O7P. The summed E-state index contributed by atoms with van der Waals surface area (Å²) in [5, 5.41) is 3.00. The Bertz CT molecular complexity index is 1510. The largest absolute Gasteiger partial charge is 0.756 e. The highest BCUT2D eigenvalue weighted by Gasteiger charge is 2.27. The van der Waals surface area contributed by atoms with Gasteiger partial charge >= 0.3 is 5.97 Å². The molecule has 3 atom stereocenters. The van der Waals surface area contributed by atoms with Gasteiger partial charge in [-0.2, -0.15) is 0 Å². The lowest BCUT2D eigenvalue weighted by molar-refractivity contribution is -0.870. The molecule has 10 heteroatoms. The molecule has 0 aliphatic heterocycles. The number of hydrogen-bond donors (Lipinski definition) is 1. The number of carbonyl (C=O) groups excluding carboxylic acids is 2. The van der Waals surface area contributed by atoms with Gasteiger partial charge < -0.3 is 28.5 Å². The third-order valence-corrected chi connectivity index (χ3v) is 13.5. The van der Waals surface area contributed by atoms with Crippen molar-refractivity contribution >= 4 is 19.7 Å². The third-order valence-electron chi connectivity index (χ3n) is 12.5. The van der Waals surface area contributed by atoms with Crippen molar-refractivity contribution in [2.24, 2.45) is 0 Å². The van der Waals surface area contributed by atoms with E-state index in [0.29, 0.717) is 23.9 Å². The standard InChI is InChI=1S/C62H111N2O7P/c1-7-10-13-16-19-22-25-28-30-32-34-36-39-42-45-48-51-54-61(65)63-59(58-70-72(67,68)69-57-56-64(4,5)6)60(53-50-47-44-41-38-27-24-21-18-15-12-9-3)71-62(66)55-52-49-46-43-40-37-35-33-31-29-26-23-20-17-14-11-8-2/h19-20,22-23,28-31,35,37,43,46,50,53,59-60H,7-18,21,24-27,32-34,36,38-42,44-45,47-49,51-52,54-58H2,1-6H3,(H-,63,65,67,68)/b22-19-,23-20-,30-28-,31-29-,37-35-,46-43-,53-50+. The Kier molecular flexibility index (Phi) is 49.6. The molecule has 0 aliphatic carbocycles. The van der Waals surface area contributed by atoms with Gasteiger partial charge in [-0.05, 0) is 102 Å². The maximum atomic E-state index is 13.5. The van der Waals surface area contributed by atoms with Crippen LogP contribution in [-0.2, 0) is 27.9 Å². The molecule has 3 unspecified atom stereocenters. The second kappa shape index (κ2) is 51.7. The number of phosphoric ester groups is 1. The maximum absolute atomic E-state index is 13.5. The van der Waals surface area contributed by atoms with Crippen LogP contribution < -0.4 is 10.2 Å². The van der Waals surface area contributed by atoms with Gasteiger partial charge in [0, 0.05) is 12.8 Å². The summed E-state index contributed by atoms with van der Waals surface area (Å²) >= 11 is 0. The monoisotopic (exact) mass is 1030 g/mol. The van der Waals surface area contributed by atoms with Crippen molar-refractivity contribution in [1.29, 1.82) is 0 Å². The number of likely N-dealkylation sites (N-methyl/N-ethyl adjacent to an activating group) is 1. The molecule has 9 nitrogen and oxygen atoms in total. The predicted molar refractivity (Wildman–Crippen MR) is 307 cm³/mol. The number of nitrogens with zero attached hydrogens (tertiary/aromatic N) is 1. The van der Waals surface area contributed by atoms with Crippen LogP contribution in [0.3, 0.4) is 0 Å². The number of quaternary nitrogens is 1. The van der Waals surface area contributed by atoms with Crippen molar-refractivity contribution in [3.05, 3.63) is 85.1 Å². The molecule has 72 heavy (non-hydrogen) atoms. The highest BCUT2D eigenvalue weighted by atomic mass is 31.2. The highest BCUT2D eigenvalue weighted by Crippen LogP contribution is 2.38. The first-order valence-corrected chi connectivity index (χ1v) is 30.9. The van der Waals surface area contributed by atoms with Crippen LogP contribution >= 0.6 is 7.82 Å². The van der Waals surface area contributed by atoms with Crippen molar-refractivity contribution in [1.82, 2.24) is 5.32 Å². The summed E-state index contributed by atoms with van der Waals surface area (Å²) in [6, 6.07) is -0.918. The molecule has 0 spiro atoms. The van der Waals surface area contributed by atoms with Crippen LogP contribution in [0.2, 0.25) is 0 Å². The summed E-state index contributed by atoms with van der Waals surface area (Å²) in [7, 11) is 1.14. The molecule has 0 aromatic heterocycles. The molecule has 0 rings (SSSR count). The van der Waals surface area contributed by atoms with Crippen LogP contribution in [0.5, 0.6) is 0 Å². The topological polar surface area (TPSA) is 114 Å². The molecule has 0 bridgehead atoms. The van der Waals surface area contributed by atoms with Gasteiger partial charge in [0.1, 0.15) is 19.3 Å². The Morgan fingerprint density at radius 2 is 0.861 bits per heavy atom. The Hall–Kier alpha value is -2.81. The van der Waals surface area contributed by atoms with E-state index in [1.165, 1.54) is 122 Å². The average molecular weight is 1030 g/mol. The maximum Gasteiger partial charge on any atom is 0.306 e. The summed E-state index contributed by atoms with van der Waals surface area (Å²) in [6.45, 7) is 6.74. The summed E-state index contributed by atoms with van der Waals surface area (Å²) < 4.78 is 30.2. The van der Waals surface area contributed by atoms with Gasteiger partial charge in [-0.1, -0.05) is 215 Å². The van der Waals surface area contributed by atoms with E-state index in [0.717, 1.165) is 83.5 Å². The Morgan fingerprint density at radius 3 is 1.32 bits per heavy atom. The molecule has 0 aromatic rings. The van der Waals surface area contributed by atoms with E-state index in [9.17, 15) is 19.0 Å². The first-order valence-electron chi connectivity index (χ1n) is 29.4. The van der Waals surface area contributed by atoms with E-state index < -0.39 is 32.5 Å². The van der Waals surface area contributed by atoms with Crippen molar-refractivity contribution in [3.63, 3.8) is 0 Å². The molecule has 0 aliphatic rings. The summed E-state index contributed by atoms with van der Waals surface area (Å²) in [6.07, 6.45) is 66.9. The lowest BCUT2D eigenvalue weighted by atomic mass is 10.0. The molecule has 0 aromatic carbocycles. The van der Waals surface area contributed by atoms with Crippen LogP contribution in [0.25, 0.3) is 0 Å². The van der Waals surface area contributed by atoms with Gasteiger partial charge in [-0.25, -0.2) is 0 Å². The zero-order valence-corrected chi connectivity index (χ0v) is 48.3. The molecule has 416 valence electrons. The van der Waals surface area contributed by atoms with Gasteiger partial charge in [0.15, 0.2) is 0 Å². The Balaban J connectivity index is 5.44. The van der Waals surface area contributed by atoms with Gasteiger partial charge in [0.25, 0.3) is 7.82 Å². The van der Waals surface area contributed by atoms with Crippen LogP contribution in [-0.4, -0.2) is 69.4 Å². The molecule has 0 radical (unpaired) electrons. The van der Waals surface area contributed by atoms with E-state index in [4.69, 9.17) is 13.8 Å². The zero-order chi connectivity index (χ0) is 52.9. The van der Waals surface area contributed by atoms with Gasteiger partial charge in [-0.3, -0.25) is 14.2 Å². The lowest BCUT2D eigenvalue weighted by Gasteiger charge is -2.30. The fourth-order valence-corrected chi connectivity index (χ4v) is 8.68. The first kappa shape index (κ1) is 69.2. The number of esters is 1. The summed E-state index contributed by atoms with van der Waals surface area (Å²) in [5.41, 5.74) is 0. The average Bonchev–Trinajstić information content (AvgIpc) is 3.34. The van der Waals surface area contributed by atoms with E-state index in [1.54, 1.807) is 0 Å². The quantitative estimate of drug-likeness (QED) is 0.0212. The van der Waals surface area contributed by atoms with Crippen molar-refractivity contribution in [2.75, 3.05) is 40.9 Å². The predicted octanol–water partition coefficient (Wildman–Crippen LogP) is 17.2. The molecular weight excluding hydrogens is 916 g/mol. The number of allylic oxidation sites excluding steroid dienone is 13. The third kappa shape index (κ3) is 52.1. The normalized spacial score (nSPS) is 14.4. The Labute approximate surface area is 444 Å². The second-order valence-corrected chi connectivity index (χ2v) is 22.2. The first-order chi connectivity index (χ1) is 34.9. The van der Waals surface area contributed by atoms with E-state index in [2.05, 4.69) is 99.0 Å². The van der Waals surface area contributed by atoms with E-state index >= 15 is 0 Å². The van der Waals surface area contributed by atoms with Crippen LogP contribution in [0.4, 0.5) is 0 Å². The molecule has 1 N–H and O–H groups in total. The number of hydrogen-bond acceptors (Lipinski definition) is 7. The minimum atomic E-state index is -4.71. The van der Waals surface area contributed by atoms with Crippen molar-refractivity contribution < 1.29 is 37.3 Å². The highest BCUT2D eigenvalue weighted by molar-refractivity contribution is 7.45. The number of phosphoric acid groups is 1. The Morgan fingerprint density at radius 1 is 0.486 bits per heavy atom. The number of nitrogens with one attached hydrogen (secondary N) is 1. The minimum Gasteiger partial charge on any atom is -0.756 e. The SMILES string of the molecule is CCCCC/C=C\C/C=C\C/C=C\C/C=C\CCCC(=O)OC(/C=C/CCCCCCCCCCCC)C(COP(=O)([O-])OCC[N+](C)(C)C)NC(=O)CCCCCCCCC/C=C\C/C=C\CCCCC. The number of carbonyl (C=O) groups is 2. The second-order valence-electron chi connectivity index (χ2n) is 20.8. The number of ether oxygens (including phenoxy) is 1. The number of rotatable bonds is 52. The van der Waals surface area contributed by atoms with Gasteiger partial charge in [0.05, 0.1) is 33.8 Å². The fourth-order valence-electron chi connectivity index (χ4n) is 7.95. The molecule has 0 saturated heterocycles. The zero-order valence-electron chi connectivity index (χ0n) is 47.4. The summed E-state index contributed by atoms with van der Waals surface area (Å²) in [5.74, 6) is -0.618. The number of unbranched alkanes of at least 4 members (excludes halogenated alkanes) is 24. The van der Waals surface area contributed by atoms with Crippen LogP contribution in [0.1, 0.15) is 245 Å².